The number of halogens is 1. The number of aromatic carboxylic acids is 1. The number of hydrogen-bond acceptors (Lipinski definition) is 4. The molecule has 5 rings (SSSR count). The van der Waals surface area contributed by atoms with Gasteiger partial charge in [-0.15, -0.1) is 0 Å². The summed E-state index contributed by atoms with van der Waals surface area (Å²) in [5.74, 6) is -1.44. The molecule has 8 heteroatoms. The Labute approximate surface area is 207 Å². The summed E-state index contributed by atoms with van der Waals surface area (Å²) in [6, 6.07) is 17.9. The molecule has 0 aliphatic carbocycles. The molecule has 1 aliphatic heterocycles. The van der Waals surface area contributed by atoms with Crippen LogP contribution >= 0.6 is 0 Å². The Morgan fingerprint density at radius 1 is 1.03 bits per heavy atom. The van der Waals surface area contributed by atoms with E-state index in [1.165, 1.54) is 31.4 Å². The number of rotatable bonds is 4. The number of phenols is 1. The minimum absolute atomic E-state index is 0.0764. The van der Waals surface area contributed by atoms with Gasteiger partial charge in [0.1, 0.15) is 11.6 Å². The highest BCUT2D eigenvalue weighted by Gasteiger charge is 2.32. The van der Waals surface area contributed by atoms with Gasteiger partial charge in [-0.25, -0.2) is 14.0 Å². The van der Waals surface area contributed by atoms with Gasteiger partial charge in [0.2, 0.25) is 0 Å². The summed E-state index contributed by atoms with van der Waals surface area (Å²) >= 11 is 0. The molecule has 36 heavy (non-hydrogen) atoms. The second-order valence-corrected chi connectivity index (χ2v) is 8.88. The van der Waals surface area contributed by atoms with Crippen molar-refractivity contribution in [3.63, 3.8) is 0 Å². The summed E-state index contributed by atoms with van der Waals surface area (Å²) in [7, 11) is 1.36. The summed E-state index contributed by atoms with van der Waals surface area (Å²) < 4.78 is 20.8. The number of fused-ring (bicyclic) bond motifs is 1. The summed E-state index contributed by atoms with van der Waals surface area (Å²) in [5.41, 5.74) is 3.93. The van der Waals surface area contributed by atoms with Gasteiger partial charge < -0.3 is 24.4 Å². The Bertz CT molecular complexity index is 1440. The maximum Gasteiger partial charge on any atom is 0.409 e. The number of benzene rings is 3. The van der Waals surface area contributed by atoms with Crippen LogP contribution in [0.5, 0.6) is 5.75 Å². The average molecular weight is 489 g/mol. The summed E-state index contributed by atoms with van der Waals surface area (Å²) in [6.45, 7) is 0.985. The lowest BCUT2D eigenvalue weighted by atomic mass is 9.89. The topological polar surface area (TPSA) is 92.0 Å². The first-order valence-electron chi connectivity index (χ1n) is 11.7. The van der Waals surface area contributed by atoms with Crippen molar-refractivity contribution in [2.75, 3.05) is 20.2 Å². The molecular weight excluding hydrogens is 463 g/mol. The van der Waals surface area contributed by atoms with Gasteiger partial charge in [0.05, 0.1) is 18.2 Å². The SMILES string of the molecule is COC(=O)N1CCCC(c2c(-c3ccc(C(=O)O)cc3)c3c(O)cccc3n2-c2ccc(F)cc2)C1. The lowest BCUT2D eigenvalue weighted by Gasteiger charge is -2.33. The number of carboxylic acids is 1. The highest BCUT2D eigenvalue weighted by atomic mass is 19.1. The predicted octanol–water partition coefficient (Wildman–Crippen LogP) is 5.79. The third-order valence-electron chi connectivity index (χ3n) is 6.75. The van der Waals surface area contributed by atoms with Crippen LogP contribution in [0.1, 0.15) is 34.8 Å². The highest BCUT2D eigenvalue weighted by molar-refractivity contribution is 6.03. The van der Waals surface area contributed by atoms with Crippen LogP contribution in [0.3, 0.4) is 0 Å². The number of phenolic OH excluding ortho intramolecular Hbond substituents is 1. The number of carbonyl (C=O) groups is 2. The molecule has 2 heterocycles. The quantitative estimate of drug-likeness (QED) is 0.380. The number of amides is 1. The van der Waals surface area contributed by atoms with E-state index in [2.05, 4.69) is 0 Å². The van der Waals surface area contributed by atoms with E-state index >= 15 is 0 Å². The zero-order valence-corrected chi connectivity index (χ0v) is 19.6. The molecule has 1 atom stereocenters. The van der Waals surface area contributed by atoms with Crippen LogP contribution in [-0.2, 0) is 4.74 Å². The number of hydrogen-bond donors (Lipinski definition) is 2. The molecule has 1 aliphatic rings. The highest BCUT2D eigenvalue weighted by Crippen LogP contribution is 2.46. The fraction of sp³-hybridized carbons (Fsp3) is 0.214. The van der Waals surface area contributed by atoms with Gasteiger partial charge in [-0.3, -0.25) is 0 Å². The van der Waals surface area contributed by atoms with E-state index in [-0.39, 0.29) is 23.0 Å². The number of nitrogens with zero attached hydrogens (tertiary/aromatic N) is 2. The lowest BCUT2D eigenvalue weighted by Crippen LogP contribution is -2.39. The molecule has 1 saturated heterocycles. The Balaban J connectivity index is 1.81. The Morgan fingerprint density at radius 2 is 1.75 bits per heavy atom. The number of carbonyl (C=O) groups excluding carboxylic acids is 1. The van der Waals surface area contributed by atoms with E-state index in [1.807, 2.05) is 10.6 Å². The fourth-order valence-corrected chi connectivity index (χ4v) is 5.16. The van der Waals surface area contributed by atoms with E-state index in [9.17, 15) is 24.2 Å². The molecule has 1 unspecified atom stereocenters. The van der Waals surface area contributed by atoms with Gasteiger partial charge in [-0.05, 0) is 66.9 Å². The predicted molar refractivity (Wildman–Crippen MR) is 133 cm³/mol. The van der Waals surface area contributed by atoms with Gasteiger partial charge >= 0.3 is 12.1 Å². The lowest BCUT2D eigenvalue weighted by molar-refractivity contribution is 0.0696. The second-order valence-electron chi connectivity index (χ2n) is 8.88. The molecule has 0 bridgehead atoms. The average Bonchev–Trinajstić information content (AvgIpc) is 3.25. The van der Waals surface area contributed by atoms with Gasteiger partial charge in [0, 0.05) is 41.3 Å². The van der Waals surface area contributed by atoms with E-state index in [0.717, 1.165) is 35.2 Å². The first kappa shape index (κ1) is 23.4. The number of likely N-dealkylation sites (tertiary alicyclic amines) is 1. The van der Waals surface area contributed by atoms with Crippen molar-refractivity contribution < 1.29 is 28.9 Å². The van der Waals surface area contributed by atoms with Crippen LogP contribution in [-0.4, -0.2) is 51.9 Å². The zero-order valence-electron chi connectivity index (χ0n) is 19.6. The first-order chi connectivity index (χ1) is 17.4. The summed E-state index contributed by atoms with van der Waals surface area (Å²) in [6.07, 6.45) is 1.14. The normalized spacial score (nSPS) is 15.7. The van der Waals surface area contributed by atoms with E-state index < -0.39 is 12.1 Å². The molecule has 3 aromatic carbocycles. The van der Waals surface area contributed by atoms with Gasteiger partial charge in [-0.1, -0.05) is 18.2 Å². The molecule has 0 saturated carbocycles. The van der Waals surface area contributed by atoms with Crippen molar-refractivity contribution in [3.8, 4) is 22.6 Å². The van der Waals surface area contributed by atoms with Crippen LogP contribution in [0.25, 0.3) is 27.7 Å². The summed E-state index contributed by atoms with van der Waals surface area (Å²) in [4.78, 5) is 25.5. The molecule has 184 valence electrons. The van der Waals surface area contributed by atoms with Crippen LogP contribution in [0.4, 0.5) is 9.18 Å². The third-order valence-corrected chi connectivity index (χ3v) is 6.75. The fourth-order valence-electron chi connectivity index (χ4n) is 5.16. The summed E-state index contributed by atoms with van der Waals surface area (Å²) in [5, 5.41) is 21.0. The van der Waals surface area contributed by atoms with Crippen LogP contribution in [0.2, 0.25) is 0 Å². The molecule has 1 fully saturated rings. The minimum Gasteiger partial charge on any atom is -0.507 e. The van der Waals surface area contributed by atoms with Crippen molar-refractivity contribution in [2.24, 2.45) is 0 Å². The van der Waals surface area contributed by atoms with Crippen molar-refractivity contribution in [3.05, 3.63) is 83.8 Å². The van der Waals surface area contributed by atoms with Crippen molar-refractivity contribution in [1.29, 1.82) is 0 Å². The van der Waals surface area contributed by atoms with Gasteiger partial charge in [0.25, 0.3) is 0 Å². The number of carboxylic acid groups (broad SMARTS) is 1. The molecule has 1 amide bonds. The largest absolute Gasteiger partial charge is 0.507 e. The number of aromatic hydroxyl groups is 1. The minimum atomic E-state index is -1.03. The zero-order chi connectivity index (χ0) is 25.4. The van der Waals surface area contributed by atoms with Gasteiger partial charge in [-0.2, -0.15) is 0 Å². The number of ether oxygens (including phenoxy) is 1. The van der Waals surface area contributed by atoms with Crippen molar-refractivity contribution in [1.82, 2.24) is 9.47 Å². The van der Waals surface area contributed by atoms with Gasteiger partial charge in [0.15, 0.2) is 0 Å². The standard InChI is InChI=1S/C28H25FN2O5/c1-36-28(35)30-15-3-4-19(16-30)26-24(17-7-9-18(10-8-17)27(33)34)25-22(5-2-6-23(25)32)31(26)21-13-11-20(29)12-14-21/h2,5-14,19,32H,3-4,15-16H2,1H3,(H,33,34). The van der Waals surface area contributed by atoms with Crippen LogP contribution < -0.4 is 0 Å². The van der Waals surface area contributed by atoms with Crippen molar-refractivity contribution >= 4 is 23.0 Å². The van der Waals surface area contributed by atoms with E-state index in [0.29, 0.717) is 24.2 Å². The Kier molecular flexibility index (Phi) is 6.10. The van der Waals surface area contributed by atoms with E-state index in [4.69, 9.17) is 4.74 Å². The molecule has 0 spiro atoms. The number of methoxy groups -OCH3 is 1. The monoisotopic (exact) mass is 488 g/mol. The van der Waals surface area contributed by atoms with Crippen LogP contribution in [0.15, 0.2) is 66.7 Å². The smallest absolute Gasteiger partial charge is 0.409 e. The molecular formula is C28H25FN2O5. The number of aromatic nitrogens is 1. The third kappa shape index (κ3) is 4.04. The second kappa shape index (κ2) is 9.37. The first-order valence-corrected chi connectivity index (χ1v) is 11.7. The molecule has 1 aromatic heterocycles. The maximum atomic E-state index is 13.8. The Hall–Kier alpha value is -4.33. The molecule has 0 radical (unpaired) electrons. The van der Waals surface area contributed by atoms with Crippen molar-refractivity contribution in [2.45, 2.75) is 18.8 Å². The molecule has 2 N–H and O–H groups in total. The molecule has 7 nitrogen and oxygen atoms in total. The Morgan fingerprint density at radius 3 is 2.42 bits per heavy atom. The maximum absolute atomic E-state index is 13.8. The van der Waals surface area contributed by atoms with E-state index in [1.54, 1.807) is 41.3 Å². The molecule has 4 aromatic rings. The number of piperidine rings is 1. The van der Waals surface area contributed by atoms with Crippen LogP contribution in [0, 0.1) is 5.82 Å².